The van der Waals surface area contributed by atoms with E-state index >= 15 is 0 Å². The quantitative estimate of drug-likeness (QED) is 0.490. The smallest absolute Gasteiger partial charge is 0.475 e. The summed E-state index contributed by atoms with van der Waals surface area (Å²) in [7, 11) is -5.81. The van der Waals surface area contributed by atoms with E-state index in [9.17, 15) is 21.6 Å². The molecule has 1 aromatic heterocycles. The van der Waals surface area contributed by atoms with Crippen LogP contribution in [0.4, 0.5) is 13.2 Å². The number of pyridine rings is 1. The van der Waals surface area contributed by atoms with Crippen LogP contribution in [0.15, 0.2) is 42.5 Å². The minimum absolute atomic E-state index is 0.0195. The molecule has 158 valence electrons. The third kappa shape index (κ3) is 5.83. The van der Waals surface area contributed by atoms with E-state index in [1.165, 1.54) is 6.07 Å². The topological polar surface area (TPSA) is 74.7 Å². The van der Waals surface area contributed by atoms with Gasteiger partial charge in [-0.2, -0.15) is 21.6 Å². The zero-order valence-corrected chi connectivity index (χ0v) is 16.2. The second-order valence-electron chi connectivity index (χ2n) is 6.54. The molecule has 0 aliphatic carbocycles. The van der Waals surface area contributed by atoms with Gasteiger partial charge in [-0.25, -0.2) is 4.98 Å². The lowest BCUT2D eigenvalue weighted by Gasteiger charge is -2.22. The number of aromatic nitrogens is 1. The first-order valence-electron chi connectivity index (χ1n) is 9.03. The Morgan fingerprint density at radius 3 is 2.52 bits per heavy atom. The molecule has 0 bridgehead atoms. The van der Waals surface area contributed by atoms with Crippen molar-refractivity contribution in [1.82, 2.24) is 4.98 Å². The van der Waals surface area contributed by atoms with Crippen LogP contribution in [-0.4, -0.2) is 38.2 Å². The average molecular weight is 431 g/mol. The fraction of sp³-hybridized carbons (Fsp3) is 0.421. The van der Waals surface area contributed by atoms with Crippen LogP contribution in [0.5, 0.6) is 11.6 Å². The minimum Gasteiger partial charge on any atom is -0.475 e. The summed E-state index contributed by atoms with van der Waals surface area (Å²) in [5.74, 6) is -0.339. The van der Waals surface area contributed by atoms with E-state index in [4.69, 9.17) is 9.47 Å². The van der Waals surface area contributed by atoms with Gasteiger partial charge in [-0.15, -0.1) is 0 Å². The van der Waals surface area contributed by atoms with Crippen molar-refractivity contribution in [3.05, 3.63) is 53.7 Å². The van der Waals surface area contributed by atoms with Crippen molar-refractivity contribution in [2.75, 3.05) is 13.2 Å². The van der Waals surface area contributed by atoms with Crippen LogP contribution in [0.2, 0.25) is 0 Å². The highest BCUT2D eigenvalue weighted by molar-refractivity contribution is 7.88. The highest BCUT2D eigenvalue weighted by atomic mass is 32.2. The first-order chi connectivity index (χ1) is 13.7. The molecule has 1 saturated heterocycles. The molecule has 1 atom stereocenters. The molecule has 1 aliphatic rings. The van der Waals surface area contributed by atoms with Gasteiger partial charge < -0.3 is 13.7 Å². The number of alkyl halides is 3. The second kappa shape index (κ2) is 9.00. The van der Waals surface area contributed by atoms with Gasteiger partial charge in [-0.05, 0) is 30.9 Å². The molecule has 1 fully saturated rings. The number of ether oxygens (including phenoxy) is 2. The average Bonchev–Trinajstić information content (AvgIpc) is 2.69. The van der Waals surface area contributed by atoms with Gasteiger partial charge >= 0.3 is 15.6 Å². The standard InChI is InChI=1S/C19H20F3NO5S/c20-19(21,22)29(24,25)28-17-9-10-18(27-13-15-8-4-5-11-26-15)23-16(17)12-14-6-2-1-3-7-14/h1-3,6-7,9-10,15H,4-5,8,11-13H2. The van der Waals surface area contributed by atoms with E-state index in [0.717, 1.165) is 30.9 Å². The maximum absolute atomic E-state index is 12.7. The Labute approximate surface area is 166 Å². The maximum Gasteiger partial charge on any atom is 0.534 e. The summed E-state index contributed by atoms with van der Waals surface area (Å²) < 4.78 is 76.5. The van der Waals surface area contributed by atoms with Crippen molar-refractivity contribution in [2.45, 2.75) is 37.3 Å². The molecule has 2 heterocycles. The monoisotopic (exact) mass is 431 g/mol. The number of benzene rings is 1. The molecule has 0 amide bonds. The third-order valence-electron chi connectivity index (χ3n) is 4.30. The number of hydrogen-bond donors (Lipinski definition) is 0. The SMILES string of the molecule is O=S(=O)(Oc1ccc(OCC2CCCCO2)nc1Cc1ccccc1)C(F)(F)F. The summed E-state index contributed by atoms with van der Waals surface area (Å²) >= 11 is 0. The molecule has 6 nitrogen and oxygen atoms in total. The van der Waals surface area contributed by atoms with Crippen molar-refractivity contribution in [1.29, 1.82) is 0 Å². The van der Waals surface area contributed by atoms with Crippen molar-refractivity contribution >= 4 is 10.1 Å². The lowest BCUT2D eigenvalue weighted by atomic mass is 10.1. The minimum atomic E-state index is -5.81. The summed E-state index contributed by atoms with van der Waals surface area (Å²) in [4.78, 5) is 4.18. The molecule has 29 heavy (non-hydrogen) atoms. The molecule has 0 N–H and O–H groups in total. The summed E-state index contributed by atoms with van der Waals surface area (Å²) in [6.07, 6.45) is 2.87. The third-order valence-corrected chi connectivity index (χ3v) is 5.26. The largest absolute Gasteiger partial charge is 0.534 e. The van der Waals surface area contributed by atoms with Gasteiger partial charge in [-0.1, -0.05) is 30.3 Å². The Kier molecular flexibility index (Phi) is 6.63. The van der Waals surface area contributed by atoms with Crippen molar-refractivity contribution < 1.29 is 35.2 Å². The normalized spacial score (nSPS) is 17.7. The molecule has 2 aromatic rings. The summed E-state index contributed by atoms with van der Waals surface area (Å²) in [5.41, 5.74) is -4.79. The van der Waals surface area contributed by atoms with Crippen LogP contribution in [-0.2, 0) is 21.3 Å². The van der Waals surface area contributed by atoms with Crippen molar-refractivity contribution in [2.24, 2.45) is 0 Å². The molecule has 0 saturated carbocycles. The molecule has 10 heteroatoms. The number of nitrogens with zero attached hydrogens (tertiary/aromatic N) is 1. The van der Waals surface area contributed by atoms with Crippen LogP contribution in [0.3, 0.4) is 0 Å². The van der Waals surface area contributed by atoms with Crippen molar-refractivity contribution in [3.8, 4) is 11.6 Å². The van der Waals surface area contributed by atoms with Crippen LogP contribution >= 0.6 is 0 Å². The van der Waals surface area contributed by atoms with Gasteiger partial charge in [0.25, 0.3) is 0 Å². The predicted octanol–water partition coefficient (Wildman–Crippen LogP) is 3.85. The molecule has 1 unspecified atom stereocenters. The van der Waals surface area contributed by atoms with Crippen LogP contribution in [0.1, 0.15) is 30.5 Å². The summed E-state index contributed by atoms with van der Waals surface area (Å²) in [6.45, 7) is 0.904. The summed E-state index contributed by atoms with van der Waals surface area (Å²) in [6, 6.07) is 11.2. The molecule has 0 radical (unpaired) electrons. The van der Waals surface area contributed by atoms with E-state index < -0.39 is 21.4 Å². The fourth-order valence-corrected chi connectivity index (χ4v) is 3.31. The van der Waals surface area contributed by atoms with E-state index in [2.05, 4.69) is 9.17 Å². The highest BCUT2D eigenvalue weighted by Gasteiger charge is 2.48. The van der Waals surface area contributed by atoms with Gasteiger partial charge in [0, 0.05) is 19.1 Å². The molecular weight excluding hydrogens is 411 g/mol. The van der Waals surface area contributed by atoms with Crippen LogP contribution in [0.25, 0.3) is 0 Å². The molecule has 1 aliphatic heterocycles. The molecule has 1 aromatic carbocycles. The Morgan fingerprint density at radius 2 is 1.86 bits per heavy atom. The second-order valence-corrected chi connectivity index (χ2v) is 8.08. The Balaban J connectivity index is 1.82. The maximum atomic E-state index is 12.7. The Hall–Kier alpha value is -2.33. The van der Waals surface area contributed by atoms with E-state index in [-0.39, 0.29) is 30.7 Å². The lowest BCUT2D eigenvalue weighted by Crippen LogP contribution is -2.28. The lowest BCUT2D eigenvalue weighted by molar-refractivity contribution is -0.0500. The zero-order chi connectivity index (χ0) is 20.9. The highest BCUT2D eigenvalue weighted by Crippen LogP contribution is 2.30. The van der Waals surface area contributed by atoms with Crippen LogP contribution in [0, 0.1) is 0 Å². The zero-order valence-electron chi connectivity index (χ0n) is 15.4. The predicted molar refractivity (Wildman–Crippen MR) is 98.2 cm³/mol. The van der Waals surface area contributed by atoms with Crippen LogP contribution < -0.4 is 8.92 Å². The van der Waals surface area contributed by atoms with E-state index in [0.29, 0.717) is 6.61 Å². The van der Waals surface area contributed by atoms with Gasteiger partial charge in [0.2, 0.25) is 5.88 Å². The number of halogens is 3. The molecule has 0 spiro atoms. The first kappa shape index (κ1) is 21.4. The van der Waals surface area contributed by atoms with Gasteiger partial charge in [0.15, 0.2) is 5.75 Å². The Bertz CT molecular complexity index is 913. The summed E-state index contributed by atoms with van der Waals surface area (Å²) in [5, 5.41) is 0. The van der Waals surface area contributed by atoms with E-state index in [1.54, 1.807) is 30.3 Å². The van der Waals surface area contributed by atoms with Gasteiger partial charge in [0.1, 0.15) is 6.61 Å². The molecular formula is C19H20F3NO5S. The van der Waals surface area contributed by atoms with E-state index in [1.807, 2.05) is 0 Å². The number of hydrogen-bond acceptors (Lipinski definition) is 6. The molecule has 3 rings (SSSR count). The fourth-order valence-electron chi connectivity index (χ4n) is 2.82. The Morgan fingerprint density at radius 1 is 1.10 bits per heavy atom. The number of rotatable bonds is 7. The first-order valence-corrected chi connectivity index (χ1v) is 10.4. The van der Waals surface area contributed by atoms with Gasteiger partial charge in [-0.3, -0.25) is 0 Å². The van der Waals surface area contributed by atoms with Crippen molar-refractivity contribution in [3.63, 3.8) is 0 Å². The van der Waals surface area contributed by atoms with Gasteiger partial charge in [0.05, 0.1) is 11.8 Å².